The van der Waals surface area contributed by atoms with Crippen LogP contribution >= 0.6 is 0 Å². The first-order valence-corrected chi connectivity index (χ1v) is 6.49. The SMILES string of the molecule is COc1ccc(Cc2ccc3[nH]c[c]c3c2)c(OC)c1. The van der Waals surface area contributed by atoms with E-state index in [9.17, 15) is 0 Å². The average Bonchev–Trinajstić information content (AvgIpc) is 2.95. The van der Waals surface area contributed by atoms with Crippen LogP contribution in [0.4, 0.5) is 0 Å². The Morgan fingerprint density at radius 3 is 2.75 bits per heavy atom. The zero-order valence-corrected chi connectivity index (χ0v) is 11.6. The van der Waals surface area contributed by atoms with Crippen molar-refractivity contribution >= 4 is 10.9 Å². The molecule has 0 spiro atoms. The van der Waals surface area contributed by atoms with Gasteiger partial charge in [0.25, 0.3) is 0 Å². The first-order chi connectivity index (χ1) is 9.80. The Morgan fingerprint density at radius 1 is 1.05 bits per heavy atom. The summed E-state index contributed by atoms with van der Waals surface area (Å²) in [6.45, 7) is 0. The van der Waals surface area contributed by atoms with Gasteiger partial charge < -0.3 is 14.5 Å². The molecule has 0 aliphatic heterocycles. The van der Waals surface area contributed by atoms with E-state index in [1.807, 2.05) is 24.4 Å². The summed E-state index contributed by atoms with van der Waals surface area (Å²) in [5, 5.41) is 1.11. The van der Waals surface area contributed by atoms with Gasteiger partial charge in [-0.3, -0.25) is 0 Å². The molecule has 0 saturated heterocycles. The summed E-state index contributed by atoms with van der Waals surface area (Å²) in [4.78, 5) is 3.15. The zero-order chi connectivity index (χ0) is 13.9. The van der Waals surface area contributed by atoms with Gasteiger partial charge in [0.05, 0.1) is 14.2 Å². The number of ether oxygens (including phenoxy) is 2. The highest BCUT2D eigenvalue weighted by molar-refractivity contribution is 5.79. The van der Waals surface area contributed by atoms with Gasteiger partial charge in [-0.05, 0) is 29.3 Å². The van der Waals surface area contributed by atoms with Gasteiger partial charge in [-0.1, -0.05) is 12.1 Å². The highest BCUT2D eigenvalue weighted by Gasteiger charge is 2.07. The summed E-state index contributed by atoms with van der Waals surface area (Å²) in [5.41, 5.74) is 3.48. The van der Waals surface area contributed by atoms with Crippen LogP contribution in [0.3, 0.4) is 0 Å². The fourth-order valence-corrected chi connectivity index (χ4v) is 2.36. The topological polar surface area (TPSA) is 34.2 Å². The van der Waals surface area contributed by atoms with Gasteiger partial charge in [0, 0.05) is 35.7 Å². The van der Waals surface area contributed by atoms with Crippen molar-refractivity contribution in [1.29, 1.82) is 0 Å². The average molecular weight is 266 g/mol. The Kier molecular flexibility index (Phi) is 3.33. The summed E-state index contributed by atoms with van der Waals surface area (Å²) >= 11 is 0. The monoisotopic (exact) mass is 266 g/mol. The molecule has 2 aromatic carbocycles. The molecule has 1 aromatic heterocycles. The number of H-pyrrole nitrogens is 1. The molecule has 1 N–H and O–H groups in total. The van der Waals surface area contributed by atoms with Crippen molar-refractivity contribution in [1.82, 2.24) is 4.98 Å². The number of rotatable bonds is 4. The smallest absolute Gasteiger partial charge is 0.126 e. The van der Waals surface area contributed by atoms with Gasteiger partial charge >= 0.3 is 0 Å². The molecule has 3 nitrogen and oxygen atoms in total. The lowest BCUT2D eigenvalue weighted by molar-refractivity contribution is 0.391. The number of methoxy groups -OCH3 is 2. The Balaban J connectivity index is 1.93. The fraction of sp³-hybridized carbons (Fsp3) is 0.176. The third kappa shape index (κ3) is 2.35. The zero-order valence-electron chi connectivity index (χ0n) is 11.6. The van der Waals surface area contributed by atoms with E-state index in [-0.39, 0.29) is 0 Å². The first-order valence-electron chi connectivity index (χ1n) is 6.49. The van der Waals surface area contributed by atoms with Gasteiger partial charge in [-0.15, -0.1) is 0 Å². The third-order valence-corrected chi connectivity index (χ3v) is 3.43. The van der Waals surface area contributed by atoms with E-state index < -0.39 is 0 Å². The van der Waals surface area contributed by atoms with E-state index in [0.717, 1.165) is 34.4 Å². The van der Waals surface area contributed by atoms with Crippen LogP contribution in [0.5, 0.6) is 11.5 Å². The highest BCUT2D eigenvalue weighted by Crippen LogP contribution is 2.27. The number of aromatic amines is 1. The molecule has 0 aliphatic carbocycles. The molecule has 0 amide bonds. The molecule has 0 fully saturated rings. The quantitative estimate of drug-likeness (QED) is 0.783. The number of nitrogens with one attached hydrogen (secondary N) is 1. The van der Waals surface area contributed by atoms with Crippen LogP contribution < -0.4 is 9.47 Å². The fourth-order valence-electron chi connectivity index (χ4n) is 2.36. The Bertz CT molecular complexity index is 731. The van der Waals surface area contributed by atoms with E-state index in [2.05, 4.69) is 29.2 Å². The molecule has 0 saturated carbocycles. The number of aromatic nitrogens is 1. The summed E-state index contributed by atoms with van der Waals surface area (Å²) in [5.74, 6) is 1.66. The molecule has 0 aliphatic rings. The second kappa shape index (κ2) is 5.29. The Morgan fingerprint density at radius 2 is 1.95 bits per heavy atom. The molecule has 101 valence electrons. The van der Waals surface area contributed by atoms with Gasteiger partial charge in [-0.2, -0.15) is 0 Å². The molecule has 20 heavy (non-hydrogen) atoms. The Labute approximate surface area is 118 Å². The molecule has 3 heteroatoms. The van der Waals surface area contributed by atoms with Crippen LogP contribution in [0.1, 0.15) is 11.1 Å². The number of benzene rings is 2. The summed E-state index contributed by atoms with van der Waals surface area (Å²) in [6, 6.07) is 15.5. The van der Waals surface area contributed by atoms with Crippen molar-refractivity contribution in [3.63, 3.8) is 0 Å². The van der Waals surface area contributed by atoms with Crippen LogP contribution in [0, 0.1) is 6.07 Å². The molecule has 0 unspecified atom stereocenters. The minimum absolute atomic E-state index is 0.806. The van der Waals surface area contributed by atoms with Crippen LogP contribution in [0.15, 0.2) is 42.6 Å². The van der Waals surface area contributed by atoms with E-state index in [0.29, 0.717) is 0 Å². The summed E-state index contributed by atoms with van der Waals surface area (Å²) in [7, 11) is 3.34. The van der Waals surface area contributed by atoms with Crippen molar-refractivity contribution in [2.75, 3.05) is 14.2 Å². The Hall–Kier alpha value is -2.42. The second-order valence-electron chi connectivity index (χ2n) is 4.67. The number of hydrogen-bond donors (Lipinski definition) is 1. The van der Waals surface area contributed by atoms with Crippen LogP contribution in [0.2, 0.25) is 0 Å². The molecular formula is C17H16NO2. The van der Waals surface area contributed by atoms with Crippen molar-refractivity contribution < 1.29 is 9.47 Å². The molecule has 0 bridgehead atoms. The van der Waals surface area contributed by atoms with Gasteiger partial charge in [-0.25, -0.2) is 0 Å². The lowest BCUT2D eigenvalue weighted by atomic mass is 10.0. The van der Waals surface area contributed by atoms with Crippen LogP contribution in [-0.2, 0) is 6.42 Å². The maximum absolute atomic E-state index is 5.44. The van der Waals surface area contributed by atoms with Crippen molar-refractivity contribution in [2.24, 2.45) is 0 Å². The highest BCUT2D eigenvalue weighted by atomic mass is 16.5. The first kappa shape index (κ1) is 12.6. The van der Waals surface area contributed by atoms with Crippen molar-refractivity contribution in [3.8, 4) is 11.5 Å². The van der Waals surface area contributed by atoms with Crippen LogP contribution in [-0.4, -0.2) is 19.2 Å². The number of fused-ring (bicyclic) bond motifs is 1. The van der Waals surface area contributed by atoms with Gasteiger partial charge in [0.2, 0.25) is 0 Å². The minimum Gasteiger partial charge on any atom is -0.497 e. The maximum Gasteiger partial charge on any atom is 0.126 e. The third-order valence-electron chi connectivity index (χ3n) is 3.43. The van der Waals surface area contributed by atoms with E-state index in [4.69, 9.17) is 9.47 Å². The minimum atomic E-state index is 0.806. The molecule has 1 heterocycles. The van der Waals surface area contributed by atoms with Gasteiger partial charge in [0.15, 0.2) is 0 Å². The van der Waals surface area contributed by atoms with Gasteiger partial charge in [0.1, 0.15) is 11.5 Å². The van der Waals surface area contributed by atoms with E-state index >= 15 is 0 Å². The molecule has 3 rings (SSSR count). The molecule has 0 atom stereocenters. The summed E-state index contributed by atoms with van der Waals surface area (Å²) < 4.78 is 10.7. The van der Waals surface area contributed by atoms with Crippen molar-refractivity contribution in [3.05, 3.63) is 59.8 Å². The van der Waals surface area contributed by atoms with E-state index in [1.54, 1.807) is 14.2 Å². The molecule has 3 aromatic rings. The second-order valence-corrected chi connectivity index (χ2v) is 4.67. The predicted molar refractivity (Wildman–Crippen MR) is 79.5 cm³/mol. The predicted octanol–water partition coefficient (Wildman–Crippen LogP) is 3.58. The largest absolute Gasteiger partial charge is 0.497 e. The summed E-state index contributed by atoms with van der Waals surface area (Å²) in [6.07, 6.45) is 2.66. The van der Waals surface area contributed by atoms with E-state index in [1.165, 1.54) is 5.56 Å². The number of hydrogen-bond acceptors (Lipinski definition) is 2. The maximum atomic E-state index is 5.44. The van der Waals surface area contributed by atoms with Crippen LogP contribution in [0.25, 0.3) is 10.9 Å². The molecular weight excluding hydrogens is 250 g/mol. The lowest BCUT2D eigenvalue weighted by Crippen LogP contribution is -1.95. The standard InChI is InChI=1S/C17H16NO2/c1-19-15-5-4-14(17(11-15)20-2)10-12-3-6-16-13(9-12)7-8-18-16/h3-6,8-9,11,18H,10H2,1-2H3. The lowest BCUT2D eigenvalue weighted by Gasteiger charge is -2.10. The normalized spacial score (nSPS) is 10.7. The van der Waals surface area contributed by atoms with Crippen molar-refractivity contribution in [2.45, 2.75) is 6.42 Å². The molecule has 1 radical (unpaired) electrons.